The lowest BCUT2D eigenvalue weighted by molar-refractivity contribution is -0.119. The molecule has 2 aliphatic rings. The molecule has 246 valence electrons. The zero-order valence-electron chi connectivity index (χ0n) is 26.3. The molecule has 2 aromatic heterocycles. The summed E-state index contributed by atoms with van der Waals surface area (Å²) in [7, 11) is 3.46. The molecular formula is C34H37Cl2N7O4. The van der Waals surface area contributed by atoms with Gasteiger partial charge >= 0.3 is 0 Å². The molecule has 0 spiro atoms. The number of ether oxygens (including phenoxy) is 1. The second kappa shape index (κ2) is 14.4. The number of aliphatic hydroxyl groups excluding tert-OH is 1. The van der Waals surface area contributed by atoms with Gasteiger partial charge in [0.15, 0.2) is 5.82 Å². The number of aliphatic hydroxyl groups is 1. The summed E-state index contributed by atoms with van der Waals surface area (Å²) in [5.74, 6) is 0.710. The van der Waals surface area contributed by atoms with Crippen LogP contribution in [0, 0.1) is 0 Å². The Hall–Kier alpha value is -4.00. The molecule has 0 saturated carbocycles. The number of halogens is 2. The Labute approximate surface area is 283 Å². The van der Waals surface area contributed by atoms with Gasteiger partial charge in [-0.25, -0.2) is 4.98 Å². The highest BCUT2D eigenvalue weighted by Gasteiger charge is 2.26. The van der Waals surface area contributed by atoms with Crippen molar-refractivity contribution in [2.24, 2.45) is 7.05 Å². The second-order valence-corrected chi connectivity index (χ2v) is 12.5. The smallest absolute Gasteiger partial charge is 0.291 e. The van der Waals surface area contributed by atoms with Crippen LogP contribution in [0.3, 0.4) is 0 Å². The molecule has 4 heterocycles. The number of pyridine rings is 1. The molecule has 11 nitrogen and oxygen atoms in total. The minimum absolute atomic E-state index is 0.0790. The molecule has 4 N–H and O–H groups in total. The molecule has 1 saturated heterocycles. The molecule has 2 amide bonds. The topological polar surface area (TPSA) is 134 Å². The number of hydrogen-bond donors (Lipinski definition) is 4. The van der Waals surface area contributed by atoms with E-state index >= 15 is 0 Å². The predicted octanol–water partition coefficient (Wildman–Crippen LogP) is 4.44. The highest BCUT2D eigenvalue weighted by molar-refractivity contribution is 6.39. The average molecular weight is 679 g/mol. The Morgan fingerprint density at radius 1 is 1.15 bits per heavy atom. The van der Waals surface area contributed by atoms with Crippen molar-refractivity contribution < 1.29 is 19.4 Å². The third-order valence-corrected chi connectivity index (χ3v) is 9.52. The number of nitrogens with zero attached hydrogens (tertiary/aromatic N) is 4. The van der Waals surface area contributed by atoms with Crippen LogP contribution in [0.25, 0.3) is 22.4 Å². The zero-order chi connectivity index (χ0) is 33.1. The van der Waals surface area contributed by atoms with Gasteiger partial charge < -0.3 is 30.4 Å². The van der Waals surface area contributed by atoms with Crippen LogP contribution in [-0.4, -0.2) is 75.7 Å². The fourth-order valence-corrected chi connectivity index (χ4v) is 6.83. The maximum absolute atomic E-state index is 13.4. The lowest BCUT2D eigenvalue weighted by Gasteiger charge is -2.25. The number of aromatic nitrogens is 3. The number of methoxy groups -OCH3 is 1. The van der Waals surface area contributed by atoms with Crippen molar-refractivity contribution in [2.45, 2.75) is 38.4 Å². The van der Waals surface area contributed by atoms with Crippen molar-refractivity contribution in [1.29, 1.82) is 0 Å². The number of anilines is 1. The number of imidazole rings is 1. The summed E-state index contributed by atoms with van der Waals surface area (Å²) < 4.78 is 7.53. The second-order valence-electron chi connectivity index (χ2n) is 11.7. The highest BCUT2D eigenvalue weighted by Crippen LogP contribution is 2.41. The molecule has 0 radical (unpaired) electrons. The largest absolute Gasteiger partial charge is 0.496 e. The third-order valence-electron chi connectivity index (χ3n) is 8.73. The molecule has 2 aliphatic heterocycles. The first kappa shape index (κ1) is 32.9. The van der Waals surface area contributed by atoms with E-state index in [1.807, 2.05) is 41.9 Å². The molecule has 2 aromatic carbocycles. The Bertz CT molecular complexity index is 1810. The number of rotatable bonds is 11. The molecule has 0 aliphatic carbocycles. The summed E-state index contributed by atoms with van der Waals surface area (Å²) in [6, 6.07) is 13.2. The van der Waals surface area contributed by atoms with Gasteiger partial charge in [-0.3, -0.25) is 19.5 Å². The van der Waals surface area contributed by atoms with E-state index in [4.69, 9.17) is 27.9 Å². The van der Waals surface area contributed by atoms with Crippen LogP contribution in [0.1, 0.15) is 40.4 Å². The quantitative estimate of drug-likeness (QED) is 0.183. The van der Waals surface area contributed by atoms with Crippen LogP contribution in [0.2, 0.25) is 10.0 Å². The summed E-state index contributed by atoms with van der Waals surface area (Å²) in [5, 5.41) is 19.4. The maximum Gasteiger partial charge on any atom is 0.291 e. The lowest BCUT2D eigenvalue weighted by atomic mass is 10.0. The van der Waals surface area contributed by atoms with Crippen LogP contribution < -0.4 is 20.7 Å². The zero-order valence-corrected chi connectivity index (χ0v) is 27.8. The number of benzene rings is 2. The molecule has 1 fully saturated rings. The fourth-order valence-electron chi connectivity index (χ4n) is 6.23. The van der Waals surface area contributed by atoms with E-state index in [0.717, 1.165) is 41.9 Å². The third kappa shape index (κ3) is 7.00. The molecule has 4 aromatic rings. The lowest BCUT2D eigenvalue weighted by Crippen LogP contribution is -2.35. The van der Waals surface area contributed by atoms with Gasteiger partial charge in [0.1, 0.15) is 5.75 Å². The van der Waals surface area contributed by atoms with Crippen molar-refractivity contribution in [1.82, 2.24) is 30.1 Å². The van der Waals surface area contributed by atoms with Gasteiger partial charge in [-0.15, -0.1) is 0 Å². The van der Waals surface area contributed by atoms with Crippen LogP contribution in [-0.2, 0) is 31.4 Å². The van der Waals surface area contributed by atoms with Crippen LogP contribution in [0.5, 0.6) is 5.75 Å². The van der Waals surface area contributed by atoms with Crippen molar-refractivity contribution >= 4 is 40.7 Å². The van der Waals surface area contributed by atoms with E-state index in [2.05, 4.69) is 30.8 Å². The number of hydrogen-bond acceptors (Lipinski definition) is 8. The van der Waals surface area contributed by atoms with Gasteiger partial charge in [0.2, 0.25) is 5.91 Å². The minimum atomic E-state index is -0.370. The van der Waals surface area contributed by atoms with Gasteiger partial charge in [0.05, 0.1) is 40.8 Å². The maximum atomic E-state index is 13.4. The van der Waals surface area contributed by atoms with Gasteiger partial charge in [-0.05, 0) is 24.6 Å². The normalized spacial score (nSPS) is 16.2. The average Bonchev–Trinajstić information content (AvgIpc) is 3.64. The molecule has 1 atom stereocenters. The summed E-state index contributed by atoms with van der Waals surface area (Å²) in [6.07, 6.45) is 3.83. The first-order valence-corrected chi connectivity index (χ1v) is 16.3. The van der Waals surface area contributed by atoms with Gasteiger partial charge in [0, 0.05) is 92.8 Å². The summed E-state index contributed by atoms with van der Waals surface area (Å²) in [5.41, 5.74) is 5.90. The van der Waals surface area contributed by atoms with E-state index < -0.39 is 0 Å². The Balaban J connectivity index is 1.20. The number of carbonyl (C=O) groups excluding carboxylic acids is 2. The molecular weight excluding hydrogens is 641 g/mol. The number of fused-ring (bicyclic) bond motifs is 1. The number of carbonyl (C=O) groups is 2. The first-order chi connectivity index (χ1) is 22.8. The van der Waals surface area contributed by atoms with Crippen LogP contribution in [0.4, 0.5) is 5.69 Å². The van der Waals surface area contributed by atoms with Crippen molar-refractivity contribution in [2.75, 3.05) is 38.7 Å². The highest BCUT2D eigenvalue weighted by atomic mass is 35.5. The molecule has 47 heavy (non-hydrogen) atoms. The van der Waals surface area contributed by atoms with E-state index in [-0.39, 0.29) is 24.5 Å². The number of amides is 2. The number of β-amino-alcohol motifs (C(OH)–C–C–N with tert-alkyl or cyclic N) is 1. The van der Waals surface area contributed by atoms with E-state index in [9.17, 15) is 14.7 Å². The Morgan fingerprint density at radius 3 is 2.74 bits per heavy atom. The molecule has 6 rings (SSSR count). The van der Waals surface area contributed by atoms with Crippen LogP contribution >= 0.6 is 23.2 Å². The van der Waals surface area contributed by atoms with E-state index in [0.29, 0.717) is 76.7 Å². The molecule has 0 bridgehead atoms. The Morgan fingerprint density at radius 2 is 1.98 bits per heavy atom. The Kier molecular flexibility index (Phi) is 10.1. The van der Waals surface area contributed by atoms with Crippen molar-refractivity contribution in [3.63, 3.8) is 0 Å². The monoisotopic (exact) mass is 677 g/mol. The van der Waals surface area contributed by atoms with Gasteiger partial charge in [-0.1, -0.05) is 47.5 Å². The van der Waals surface area contributed by atoms with E-state index in [1.165, 1.54) is 0 Å². The number of nitrogens with one attached hydrogen (secondary N) is 3. The molecule has 13 heteroatoms. The van der Waals surface area contributed by atoms with Gasteiger partial charge in [0.25, 0.3) is 5.91 Å². The van der Waals surface area contributed by atoms with E-state index in [1.54, 1.807) is 25.4 Å². The fraction of sp³-hybridized carbons (Fsp3) is 0.353. The molecule has 1 unspecified atom stereocenters. The SMILES string of the molecule is COc1cc(-c2nccc(-c3cccc(NC(=O)c4nc5c(n4C)CCN(CCO)C5)c3Cl)c2Cl)ccc1CNCC1CCC(=O)N1. The summed E-state index contributed by atoms with van der Waals surface area (Å²) >= 11 is 13.9. The van der Waals surface area contributed by atoms with Gasteiger partial charge in [-0.2, -0.15) is 0 Å². The van der Waals surface area contributed by atoms with Crippen molar-refractivity contribution in [3.05, 3.63) is 81.5 Å². The summed E-state index contributed by atoms with van der Waals surface area (Å²) in [6.45, 7) is 3.29. The minimum Gasteiger partial charge on any atom is -0.496 e. The van der Waals surface area contributed by atoms with Crippen LogP contribution in [0.15, 0.2) is 48.7 Å². The predicted molar refractivity (Wildman–Crippen MR) is 182 cm³/mol. The summed E-state index contributed by atoms with van der Waals surface area (Å²) in [4.78, 5) is 36.2. The van der Waals surface area contributed by atoms with Crippen molar-refractivity contribution in [3.8, 4) is 28.1 Å². The first-order valence-electron chi connectivity index (χ1n) is 15.6. The standard InChI is InChI=1S/C34H37Cl2N7O4/c1-42-27-11-13-43(14-15-44)19-26(27)40-33(42)34(46)41-25-5-3-4-23(30(25)35)24-10-12-38-32(31(24)36)20-6-7-21(28(16-20)47-2)17-37-18-22-8-9-29(45)39-22/h3-7,10,12,16,22,37,44H,8-9,11,13-15,17-19H2,1-2H3,(H,39,45)(H,41,46).